The Bertz CT molecular complexity index is 592. The molecule has 6 nitrogen and oxygen atoms in total. The van der Waals surface area contributed by atoms with Crippen LogP contribution in [0.5, 0.6) is 0 Å². The number of esters is 1. The minimum Gasteiger partial charge on any atom is -0.460 e. The Morgan fingerprint density at radius 3 is 2.69 bits per heavy atom. The second-order valence-electron chi connectivity index (χ2n) is 8.69. The highest BCUT2D eigenvalue weighted by Gasteiger charge is 2.40. The number of hydrogen-bond acceptors (Lipinski definition) is 4. The van der Waals surface area contributed by atoms with Crippen LogP contribution in [0.25, 0.3) is 0 Å². The number of aromatic amines is 1. The van der Waals surface area contributed by atoms with Gasteiger partial charge in [0.25, 0.3) is 0 Å². The van der Waals surface area contributed by atoms with E-state index in [-0.39, 0.29) is 17.8 Å². The molecular formula is C20H33N3O3. The van der Waals surface area contributed by atoms with Crippen LogP contribution in [0.1, 0.15) is 71.9 Å². The smallest absolute Gasteiger partial charge is 0.309 e. The second-order valence-corrected chi connectivity index (χ2v) is 8.69. The molecule has 26 heavy (non-hydrogen) atoms. The van der Waals surface area contributed by atoms with Gasteiger partial charge in [0.2, 0.25) is 5.91 Å². The molecule has 0 spiro atoms. The maximum absolute atomic E-state index is 12.5. The van der Waals surface area contributed by atoms with Crippen molar-refractivity contribution in [1.82, 2.24) is 15.3 Å². The molecule has 1 aromatic heterocycles. The first-order valence-electron chi connectivity index (χ1n) is 9.61. The van der Waals surface area contributed by atoms with Crippen molar-refractivity contribution in [2.75, 3.05) is 6.54 Å². The van der Waals surface area contributed by atoms with Gasteiger partial charge in [-0.25, -0.2) is 4.98 Å². The predicted octanol–water partition coefficient (Wildman–Crippen LogP) is 3.41. The predicted molar refractivity (Wildman–Crippen MR) is 100 cm³/mol. The summed E-state index contributed by atoms with van der Waals surface area (Å²) in [5.74, 6) is 1.02. The summed E-state index contributed by atoms with van der Waals surface area (Å²) < 4.78 is 5.61. The SMILES string of the molecule is CC(=O)NCC(C)CCC1CC(C(=O)OC(C)(C)C)CC1c1cnc[nH]1. The lowest BCUT2D eigenvalue weighted by Crippen LogP contribution is -2.28. The summed E-state index contributed by atoms with van der Waals surface area (Å²) in [6.07, 6.45) is 7.29. The summed E-state index contributed by atoms with van der Waals surface area (Å²) in [7, 11) is 0. The lowest BCUT2D eigenvalue weighted by atomic mass is 9.87. The Kier molecular flexibility index (Phi) is 6.84. The number of ether oxygens (including phenoxy) is 1. The average Bonchev–Trinajstić information content (AvgIpc) is 3.18. The highest BCUT2D eigenvalue weighted by molar-refractivity contribution is 5.73. The molecule has 4 atom stereocenters. The number of carbonyl (C=O) groups is 2. The van der Waals surface area contributed by atoms with E-state index in [0.29, 0.717) is 24.3 Å². The highest BCUT2D eigenvalue weighted by atomic mass is 16.6. The van der Waals surface area contributed by atoms with Crippen LogP contribution in [0.15, 0.2) is 12.5 Å². The van der Waals surface area contributed by atoms with E-state index in [0.717, 1.165) is 31.4 Å². The van der Waals surface area contributed by atoms with E-state index in [9.17, 15) is 9.59 Å². The zero-order chi connectivity index (χ0) is 19.3. The highest BCUT2D eigenvalue weighted by Crippen LogP contribution is 2.45. The summed E-state index contributed by atoms with van der Waals surface area (Å²) in [4.78, 5) is 31.0. The maximum atomic E-state index is 12.5. The summed E-state index contributed by atoms with van der Waals surface area (Å²) in [5.41, 5.74) is 0.654. The van der Waals surface area contributed by atoms with Gasteiger partial charge in [-0.2, -0.15) is 0 Å². The van der Waals surface area contributed by atoms with Crippen molar-refractivity contribution < 1.29 is 14.3 Å². The van der Waals surface area contributed by atoms with Gasteiger partial charge in [-0.1, -0.05) is 6.92 Å². The van der Waals surface area contributed by atoms with Crippen molar-refractivity contribution >= 4 is 11.9 Å². The molecule has 2 rings (SSSR count). The van der Waals surface area contributed by atoms with Crippen LogP contribution < -0.4 is 5.32 Å². The van der Waals surface area contributed by atoms with E-state index in [2.05, 4.69) is 22.2 Å². The zero-order valence-electron chi connectivity index (χ0n) is 16.7. The van der Waals surface area contributed by atoms with Crippen molar-refractivity contribution in [2.24, 2.45) is 17.8 Å². The molecule has 0 saturated heterocycles. The summed E-state index contributed by atoms with van der Waals surface area (Å²) in [6, 6.07) is 0. The van der Waals surface area contributed by atoms with Gasteiger partial charge >= 0.3 is 5.97 Å². The first-order chi connectivity index (χ1) is 12.2. The summed E-state index contributed by atoms with van der Waals surface area (Å²) >= 11 is 0. The molecule has 0 bridgehead atoms. The second kappa shape index (κ2) is 8.69. The van der Waals surface area contributed by atoms with Crippen molar-refractivity contribution in [2.45, 2.75) is 71.8 Å². The number of imidazole rings is 1. The summed E-state index contributed by atoms with van der Waals surface area (Å²) in [6.45, 7) is 10.1. The first kappa shape index (κ1) is 20.5. The molecular weight excluding hydrogens is 330 g/mol. The van der Waals surface area contributed by atoms with E-state index in [1.807, 2.05) is 27.0 Å². The van der Waals surface area contributed by atoms with Gasteiger partial charge in [0.1, 0.15) is 5.60 Å². The van der Waals surface area contributed by atoms with Gasteiger partial charge in [0.05, 0.1) is 12.2 Å². The van der Waals surface area contributed by atoms with E-state index in [4.69, 9.17) is 4.74 Å². The van der Waals surface area contributed by atoms with Gasteiger partial charge in [-0.15, -0.1) is 0 Å². The monoisotopic (exact) mass is 363 g/mol. The van der Waals surface area contributed by atoms with Crippen LogP contribution in [0, 0.1) is 17.8 Å². The van der Waals surface area contributed by atoms with Crippen LogP contribution >= 0.6 is 0 Å². The van der Waals surface area contributed by atoms with Crippen molar-refractivity contribution in [3.05, 3.63) is 18.2 Å². The molecule has 6 heteroatoms. The van der Waals surface area contributed by atoms with E-state index < -0.39 is 5.60 Å². The number of H-pyrrole nitrogens is 1. The molecule has 1 amide bonds. The Labute approximate surface area is 156 Å². The van der Waals surface area contributed by atoms with Crippen LogP contribution in [-0.2, 0) is 14.3 Å². The van der Waals surface area contributed by atoms with Crippen molar-refractivity contribution in [1.29, 1.82) is 0 Å². The molecule has 0 aliphatic heterocycles. The van der Waals surface area contributed by atoms with Gasteiger partial charge in [0, 0.05) is 31.3 Å². The van der Waals surface area contributed by atoms with Gasteiger partial charge in [-0.05, 0) is 58.3 Å². The number of nitrogens with zero attached hydrogens (tertiary/aromatic N) is 1. The van der Waals surface area contributed by atoms with Gasteiger partial charge < -0.3 is 15.0 Å². The standard InChI is InChI=1S/C20H33N3O3/c1-13(10-22-14(2)24)6-7-15-8-16(19(25)26-20(3,4)5)9-17(15)18-11-21-12-23-18/h11-13,15-17H,6-10H2,1-5H3,(H,21,23)(H,22,24). The van der Waals surface area contributed by atoms with Crippen LogP contribution in [0.2, 0.25) is 0 Å². The number of rotatable bonds is 7. The molecule has 0 radical (unpaired) electrons. The lowest BCUT2D eigenvalue weighted by Gasteiger charge is -2.22. The molecule has 0 aromatic carbocycles. The topological polar surface area (TPSA) is 84.1 Å². The molecule has 1 heterocycles. The minimum absolute atomic E-state index is 0.0121. The fraction of sp³-hybridized carbons (Fsp3) is 0.750. The fourth-order valence-corrected chi connectivity index (χ4v) is 3.79. The minimum atomic E-state index is -0.453. The normalized spacial score (nSPS) is 24.3. The third kappa shape index (κ3) is 6.15. The molecule has 1 fully saturated rings. The number of amides is 1. The fourth-order valence-electron chi connectivity index (χ4n) is 3.79. The molecule has 146 valence electrons. The Morgan fingerprint density at radius 2 is 2.12 bits per heavy atom. The number of aromatic nitrogens is 2. The molecule has 1 saturated carbocycles. The third-order valence-electron chi connectivity index (χ3n) is 5.08. The summed E-state index contributed by atoms with van der Waals surface area (Å²) in [5, 5.41) is 2.88. The maximum Gasteiger partial charge on any atom is 0.309 e. The van der Waals surface area contributed by atoms with E-state index in [1.54, 1.807) is 13.3 Å². The Morgan fingerprint density at radius 1 is 1.38 bits per heavy atom. The Balaban J connectivity index is 1.97. The largest absolute Gasteiger partial charge is 0.460 e. The van der Waals surface area contributed by atoms with Crippen LogP contribution in [0.3, 0.4) is 0 Å². The van der Waals surface area contributed by atoms with Gasteiger partial charge in [0.15, 0.2) is 0 Å². The molecule has 4 unspecified atom stereocenters. The Hall–Kier alpha value is -1.85. The van der Waals surface area contributed by atoms with Crippen molar-refractivity contribution in [3.63, 3.8) is 0 Å². The molecule has 1 aliphatic rings. The van der Waals surface area contributed by atoms with E-state index >= 15 is 0 Å². The van der Waals surface area contributed by atoms with Crippen LogP contribution in [-0.4, -0.2) is 34.0 Å². The quantitative estimate of drug-likeness (QED) is 0.727. The van der Waals surface area contributed by atoms with Crippen LogP contribution in [0.4, 0.5) is 0 Å². The zero-order valence-corrected chi connectivity index (χ0v) is 16.7. The number of carbonyl (C=O) groups excluding carboxylic acids is 2. The third-order valence-corrected chi connectivity index (χ3v) is 5.08. The number of hydrogen-bond donors (Lipinski definition) is 2. The molecule has 2 N–H and O–H groups in total. The average molecular weight is 364 g/mol. The molecule has 1 aliphatic carbocycles. The lowest BCUT2D eigenvalue weighted by molar-refractivity contribution is -0.159. The number of nitrogens with one attached hydrogen (secondary N) is 2. The van der Waals surface area contributed by atoms with E-state index in [1.165, 1.54) is 0 Å². The molecule has 1 aromatic rings. The van der Waals surface area contributed by atoms with Gasteiger partial charge in [-0.3, -0.25) is 9.59 Å². The van der Waals surface area contributed by atoms with Crippen molar-refractivity contribution in [3.8, 4) is 0 Å². The first-order valence-corrected chi connectivity index (χ1v) is 9.61.